The fourth-order valence-electron chi connectivity index (χ4n) is 4.17. The standard InChI is InChI=1S/C19H28N6O/c1-23-7-8-24(2)13-16(12-23)22-19(26)15-9-14-11-21-25(18(14)20-10-15)17-5-3-4-6-17/h9-11,16-17H,3-8,12-13H2,1-2H3,(H,22,26). The molecule has 1 saturated carbocycles. The summed E-state index contributed by atoms with van der Waals surface area (Å²) < 4.78 is 2.04. The van der Waals surface area contributed by atoms with E-state index in [2.05, 4.69) is 39.3 Å². The highest BCUT2D eigenvalue weighted by Crippen LogP contribution is 2.31. The molecule has 0 radical (unpaired) electrons. The lowest BCUT2D eigenvalue weighted by Gasteiger charge is -2.22. The van der Waals surface area contributed by atoms with Gasteiger partial charge in [-0.1, -0.05) is 12.8 Å². The van der Waals surface area contributed by atoms with Crippen molar-refractivity contribution in [1.82, 2.24) is 29.9 Å². The summed E-state index contributed by atoms with van der Waals surface area (Å²) in [6, 6.07) is 2.49. The van der Waals surface area contributed by atoms with Crippen LogP contribution in [0.3, 0.4) is 0 Å². The van der Waals surface area contributed by atoms with Gasteiger partial charge >= 0.3 is 0 Å². The lowest BCUT2D eigenvalue weighted by atomic mass is 10.2. The Hall–Kier alpha value is -1.99. The van der Waals surface area contributed by atoms with Crippen molar-refractivity contribution in [3.05, 3.63) is 24.0 Å². The van der Waals surface area contributed by atoms with E-state index in [4.69, 9.17) is 0 Å². The van der Waals surface area contributed by atoms with E-state index in [1.165, 1.54) is 25.7 Å². The van der Waals surface area contributed by atoms with Crippen LogP contribution in [0.5, 0.6) is 0 Å². The van der Waals surface area contributed by atoms with Crippen molar-refractivity contribution in [3.8, 4) is 0 Å². The second-order valence-corrected chi connectivity index (χ2v) is 7.86. The number of fused-ring (bicyclic) bond motifs is 1. The van der Waals surface area contributed by atoms with E-state index in [-0.39, 0.29) is 11.9 Å². The minimum atomic E-state index is -0.0540. The second-order valence-electron chi connectivity index (χ2n) is 7.86. The van der Waals surface area contributed by atoms with Gasteiger partial charge in [0.25, 0.3) is 5.91 Å². The number of nitrogens with zero attached hydrogens (tertiary/aromatic N) is 5. The average molecular weight is 356 g/mol. The number of pyridine rings is 1. The lowest BCUT2D eigenvalue weighted by Crippen LogP contribution is -2.45. The topological polar surface area (TPSA) is 66.3 Å². The molecule has 3 heterocycles. The molecule has 1 saturated heterocycles. The number of amides is 1. The molecule has 7 heteroatoms. The summed E-state index contributed by atoms with van der Waals surface area (Å²) in [6.07, 6.45) is 8.39. The zero-order chi connectivity index (χ0) is 18.1. The molecule has 2 aromatic rings. The molecule has 0 atom stereocenters. The molecule has 1 N–H and O–H groups in total. The van der Waals surface area contributed by atoms with E-state index in [0.29, 0.717) is 11.6 Å². The molecule has 1 aliphatic carbocycles. The minimum absolute atomic E-state index is 0.0540. The van der Waals surface area contributed by atoms with E-state index in [9.17, 15) is 4.79 Å². The molecule has 4 rings (SSSR count). The van der Waals surface area contributed by atoms with Crippen LogP contribution in [0, 0.1) is 0 Å². The molecule has 1 aliphatic heterocycles. The van der Waals surface area contributed by atoms with Crippen molar-refractivity contribution in [2.24, 2.45) is 0 Å². The summed E-state index contributed by atoms with van der Waals surface area (Å²) >= 11 is 0. The number of hydrogen-bond donors (Lipinski definition) is 1. The van der Waals surface area contributed by atoms with Crippen LogP contribution in [0.15, 0.2) is 18.5 Å². The highest BCUT2D eigenvalue weighted by atomic mass is 16.1. The first-order valence-electron chi connectivity index (χ1n) is 9.61. The van der Waals surface area contributed by atoms with Gasteiger partial charge < -0.3 is 15.1 Å². The Labute approximate surface area is 154 Å². The first-order chi connectivity index (χ1) is 12.6. The van der Waals surface area contributed by atoms with E-state index in [1.54, 1.807) is 6.20 Å². The Morgan fingerprint density at radius 3 is 2.50 bits per heavy atom. The largest absolute Gasteiger partial charge is 0.347 e. The molecular formula is C19H28N6O. The number of aromatic nitrogens is 3. The molecule has 2 fully saturated rings. The van der Waals surface area contributed by atoms with Crippen molar-refractivity contribution in [2.45, 2.75) is 37.8 Å². The molecule has 0 bridgehead atoms. The zero-order valence-electron chi connectivity index (χ0n) is 15.7. The third kappa shape index (κ3) is 3.59. The van der Waals surface area contributed by atoms with Crippen LogP contribution >= 0.6 is 0 Å². The molecule has 1 amide bonds. The van der Waals surface area contributed by atoms with Crippen LogP contribution in [0.1, 0.15) is 42.1 Å². The highest BCUT2D eigenvalue weighted by molar-refractivity contribution is 5.97. The van der Waals surface area contributed by atoms with E-state index >= 15 is 0 Å². The minimum Gasteiger partial charge on any atom is -0.347 e. The summed E-state index contributed by atoms with van der Waals surface area (Å²) in [6.45, 7) is 3.78. The van der Waals surface area contributed by atoms with Crippen molar-refractivity contribution in [1.29, 1.82) is 0 Å². The van der Waals surface area contributed by atoms with Gasteiger partial charge in [0.15, 0.2) is 5.65 Å². The fourth-order valence-corrected chi connectivity index (χ4v) is 4.17. The zero-order valence-corrected chi connectivity index (χ0v) is 15.7. The Kier molecular flexibility index (Phi) is 4.91. The number of carbonyl (C=O) groups is 1. The summed E-state index contributed by atoms with van der Waals surface area (Å²) in [5.41, 5.74) is 1.50. The van der Waals surface area contributed by atoms with Gasteiger partial charge in [-0.05, 0) is 33.0 Å². The Balaban J connectivity index is 1.50. The maximum atomic E-state index is 12.7. The number of nitrogens with one attached hydrogen (secondary N) is 1. The van der Waals surface area contributed by atoms with E-state index in [1.807, 2.05) is 16.9 Å². The number of rotatable bonds is 3. The molecule has 140 valence electrons. The van der Waals surface area contributed by atoms with Crippen LogP contribution in [0.2, 0.25) is 0 Å². The van der Waals surface area contributed by atoms with Crippen molar-refractivity contribution >= 4 is 16.9 Å². The van der Waals surface area contributed by atoms with Crippen LogP contribution in [0.25, 0.3) is 11.0 Å². The van der Waals surface area contributed by atoms with Crippen LogP contribution in [-0.2, 0) is 0 Å². The average Bonchev–Trinajstić information content (AvgIpc) is 3.25. The van der Waals surface area contributed by atoms with Gasteiger partial charge in [0, 0.05) is 37.8 Å². The Bertz CT molecular complexity index is 769. The number of carbonyl (C=O) groups excluding carboxylic acids is 1. The van der Waals surface area contributed by atoms with Crippen LogP contribution < -0.4 is 5.32 Å². The van der Waals surface area contributed by atoms with Crippen LogP contribution in [0.4, 0.5) is 0 Å². The van der Waals surface area contributed by atoms with Gasteiger partial charge in [-0.3, -0.25) is 4.79 Å². The van der Waals surface area contributed by atoms with Gasteiger partial charge in [0.2, 0.25) is 0 Å². The Morgan fingerprint density at radius 2 is 1.81 bits per heavy atom. The summed E-state index contributed by atoms with van der Waals surface area (Å²) in [7, 11) is 4.20. The number of hydrogen-bond acceptors (Lipinski definition) is 5. The third-order valence-electron chi connectivity index (χ3n) is 5.63. The number of likely N-dealkylation sites (N-methyl/N-ethyl adjacent to an activating group) is 2. The quantitative estimate of drug-likeness (QED) is 0.903. The van der Waals surface area contributed by atoms with Crippen LogP contribution in [-0.4, -0.2) is 76.8 Å². The predicted molar refractivity (Wildman–Crippen MR) is 101 cm³/mol. The van der Waals surface area contributed by atoms with Gasteiger partial charge in [0.1, 0.15) is 0 Å². The van der Waals surface area contributed by atoms with E-state index in [0.717, 1.165) is 37.2 Å². The third-order valence-corrected chi connectivity index (χ3v) is 5.63. The first kappa shape index (κ1) is 17.4. The predicted octanol–water partition coefficient (Wildman–Crippen LogP) is 1.52. The first-order valence-corrected chi connectivity index (χ1v) is 9.61. The molecular weight excluding hydrogens is 328 g/mol. The second kappa shape index (κ2) is 7.32. The van der Waals surface area contributed by atoms with Crippen molar-refractivity contribution in [3.63, 3.8) is 0 Å². The SMILES string of the molecule is CN1CCN(C)CC(NC(=O)c2cnc3c(cnn3C3CCCC3)c2)C1. The summed E-state index contributed by atoms with van der Waals surface area (Å²) in [5, 5.41) is 8.65. The highest BCUT2D eigenvalue weighted by Gasteiger charge is 2.23. The Morgan fingerprint density at radius 1 is 1.12 bits per heavy atom. The van der Waals surface area contributed by atoms with Crippen molar-refractivity contribution < 1.29 is 4.79 Å². The summed E-state index contributed by atoms with van der Waals surface area (Å²) in [5.74, 6) is -0.0540. The maximum absolute atomic E-state index is 12.7. The van der Waals surface area contributed by atoms with Gasteiger partial charge in [-0.2, -0.15) is 5.10 Å². The molecule has 2 aromatic heterocycles. The van der Waals surface area contributed by atoms with Gasteiger partial charge in [0.05, 0.1) is 23.8 Å². The molecule has 2 aliphatic rings. The molecule has 7 nitrogen and oxygen atoms in total. The smallest absolute Gasteiger partial charge is 0.253 e. The fraction of sp³-hybridized carbons (Fsp3) is 0.632. The van der Waals surface area contributed by atoms with Crippen molar-refractivity contribution in [2.75, 3.05) is 40.3 Å². The molecule has 0 aromatic carbocycles. The monoisotopic (exact) mass is 356 g/mol. The van der Waals surface area contributed by atoms with E-state index < -0.39 is 0 Å². The van der Waals surface area contributed by atoms with Gasteiger partial charge in [-0.25, -0.2) is 9.67 Å². The molecule has 0 spiro atoms. The molecule has 0 unspecified atom stereocenters. The maximum Gasteiger partial charge on any atom is 0.253 e. The van der Waals surface area contributed by atoms with Gasteiger partial charge in [-0.15, -0.1) is 0 Å². The summed E-state index contributed by atoms with van der Waals surface area (Å²) in [4.78, 5) is 21.8. The molecule has 26 heavy (non-hydrogen) atoms. The lowest BCUT2D eigenvalue weighted by molar-refractivity contribution is 0.0926. The normalized spacial score (nSPS) is 21.3.